The van der Waals surface area contributed by atoms with E-state index in [1.165, 1.54) is 0 Å². The fraction of sp³-hybridized carbons (Fsp3) is 0.533. The lowest BCUT2D eigenvalue weighted by molar-refractivity contribution is -0.119. The number of nitrogens with two attached hydrogens (primary N) is 1. The smallest absolute Gasteiger partial charge is 0.228 e. The summed E-state index contributed by atoms with van der Waals surface area (Å²) in [4.78, 5) is 12.0. The number of anilines is 1. The Morgan fingerprint density at radius 1 is 1.45 bits per heavy atom. The van der Waals surface area contributed by atoms with Gasteiger partial charge in [0.15, 0.2) is 0 Å². The van der Waals surface area contributed by atoms with Crippen molar-refractivity contribution in [1.82, 2.24) is 0 Å². The number of carbonyl (C=O) groups excluding carboxylic acids is 1. The van der Waals surface area contributed by atoms with E-state index in [1.54, 1.807) is 18.2 Å². The summed E-state index contributed by atoms with van der Waals surface area (Å²) in [6, 6.07) is 5.23. The average Bonchev–Trinajstić information content (AvgIpc) is 2.38. The number of halogens is 1. The Labute approximate surface area is 125 Å². The minimum Gasteiger partial charge on any atom is -0.489 e. The van der Waals surface area contributed by atoms with Crippen molar-refractivity contribution in [2.75, 3.05) is 11.9 Å². The standard InChI is InChI=1S/C15H23ClN2O2/c1-4-5-11(9-17)15(19)18-12-6-7-14(13(16)8-12)20-10(2)3/h6-8,10-11H,4-5,9,17H2,1-3H3,(H,18,19). The molecule has 1 amide bonds. The summed E-state index contributed by atoms with van der Waals surface area (Å²) in [6.45, 7) is 6.25. The van der Waals surface area contributed by atoms with Crippen LogP contribution in [0.5, 0.6) is 5.75 Å². The SMILES string of the molecule is CCCC(CN)C(=O)Nc1ccc(OC(C)C)c(Cl)c1. The van der Waals surface area contributed by atoms with E-state index < -0.39 is 0 Å². The zero-order valence-electron chi connectivity index (χ0n) is 12.3. The van der Waals surface area contributed by atoms with Crippen LogP contribution in [-0.4, -0.2) is 18.6 Å². The number of carbonyl (C=O) groups is 1. The summed E-state index contributed by atoms with van der Waals surface area (Å²) in [5.74, 6) is 0.386. The number of nitrogens with one attached hydrogen (secondary N) is 1. The van der Waals surface area contributed by atoms with Crippen LogP contribution in [-0.2, 0) is 4.79 Å². The van der Waals surface area contributed by atoms with E-state index in [2.05, 4.69) is 5.32 Å². The van der Waals surface area contributed by atoms with Crippen molar-refractivity contribution in [3.8, 4) is 5.75 Å². The molecule has 5 heteroatoms. The molecule has 4 nitrogen and oxygen atoms in total. The molecule has 0 saturated carbocycles. The van der Waals surface area contributed by atoms with Crippen LogP contribution < -0.4 is 15.8 Å². The molecule has 3 N–H and O–H groups in total. The molecule has 0 spiro atoms. The van der Waals surface area contributed by atoms with Crippen LogP contribution in [0.3, 0.4) is 0 Å². The molecule has 20 heavy (non-hydrogen) atoms. The highest BCUT2D eigenvalue weighted by atomic mass is 35.5. The van der Waals surface area contributed by atoms with E-state index in [4.69, 9.17) is 22.1 Å². The lowest BCUT2D eigenvalue weighted by Gasteiger charge is -2.15. The number of ether oxygens (including phenoxy) is 1. The summed E-state index contributed by atoms with van der Waals surface area (Å²) in [5.41, 5.74) is 6.27. The molecule has 0 radical (unpaired) electrons. The van der Waals surface area contributed by atoms with Crippen LogP contribution in [0.2, 0.25) is 5.02 Å². The molecule has 0 bridgehead atoms. The van der Waals surface area contributed by atoms with Gasteiger partial charge in [0.2, 0.25) is 5.91 Å². The minimum atomic E-state index is -0.162. The monoisotopic (exact) mass is 298 g/mol. The third-order valence-electron chi connectivity index (χ3n) is 2.85. The van der Waals surface area contributed by atoms with Crippen molar-refractivity contribution in [3.05, 3.63) is 23.2 Å². The molecule has 0 aliphatic rings. The molecular weight excluding hydrogens is 276 g/mol. The predicted molar refractivity (Wildman–Crippen MR) is 83.3 cm³/mol. The lowest BCUT2D eigenvalue weighted by Crippen LogP contribution is -2.29. The van der Waals surface area contributed by atoms with Gasteiger partial charge >= 0.3 is 0 Å². The van der Waals surface area contributed by atoms with Crippen LogP contribution in [0.1, 0.15) is 33.6 Å². The maximum Gasteiger partial charge on any atom is 0.228 e. The van der Waals surface area contributed by atoms with Gasteiger partial charge in [0.05, 0.1) is 17.0 Å². The van der Waals surface area contributed by atoms with Crippen molar-refractivity contribution >= 4 is 23.2 Å². The second-order valence-corrected chi connectivity index (χ2v) is 5.43. The van der Waals surface area contributed by atoms with E-state index in [9.17, 15) is 4.79 Å². The van der Waals surface area contributed by atoms with Crippen molar-refractivity contribution in [3.63, 3.8) is 0 Å². The molecule has 1 atom stereocenters. The number of hydrogen-bond donors (Lipinski definition) is 2. The highest BCUT2D eigenvalue weighted by Gasteiger charge is 2.16. The van der Waals surface area contributed by atoms with Crippen LogP contribution in [0.15, 0.2) is 18.2 Å². The van der Waals surface area contributed by atoms with Crippen LogP contribution in [0, 0.1) is 5.92 Å². The van der Waals surface area contributed by atoms with Crippen molar-refractivity contribution in [1.29, 1.82) is 0 Å². The van der Waals surface area contributed by atoms with E-state index >= 15 is 0 Å². The van der Waals surface area contributed by atoms with Crippen molar-refractivity contribution in [2.24, 2.45) is 11.7 Å². The van der Waals surface area contributed by atoms with E-state index in [0.717, 1.165) is 12.8 Å². The van der Waals surface area contributed by atoms with Gasteiger partial charge in [0.1, 0.15) is 5.75 Å². The van der Waals surface area contributed by atoms with Gasteiger partial charge in [0.25, 0.3) is 0 Å². The Morgan fingerprint density at radius 2 is 2.15 bits per heavy atom. The third kappa shape index (κ3) is 5.02. The fourth-order valence-corrected chi connectivity index (χ4v) is 2.10. The largest absolute Gasteiger partial charge is 0.489 e. The lowest BCUT2D eigenvalue weighted by atomic mass is 10.0. The van der Waals surface area contributed by atoms with Crippen molar-refractivity contribution in [2.45, 2.75) is 39.7 Å². The van der Waals surface area contributed by atoms with E-state index in [1.807, 2.05) is 20.8 Å². The normalized spacial score (nSPS) is 12.3. The summed E-state index contributed by atoms with van der Waals surface area (Å²) in [5, 5.41) is 3.32. The molecule has 0 fully saturated rings. The van der Waals surface area contributed by atoms with Gasteiger partial charge in [-0.05, 0) is 38.5 Å². The maximum absolute atomic E-state index is 12.0. The molecule has 0 aliphatic heterocycles. The molecule has 0 aliphatic carbocycles. The first-order chi connectivity index (χ1) is 9.47. The number of rotatable bonds is 7. The molecule has 112 valence electrons. The first-order valence-electron chi connectivity index (χ1n) is 6.95. The highest BCUT2D eigenvalue weighted by Crippen LogP contribution is 2.28. The fourth-order valence-electron chi connectivity index (χ4n) is 1.88. The van der Waals surface area contributed by atoms with Gasteiger partial charge in [-0.1, -0.05) is 24.9 Å². The van der Waals surface area contributed by atoms with Gasteiger partial charge in [-0.2, -0.15) is 0 Å². The molecule has 1 rings (SSSR count). The van der Waals surface area contributed by atoms with E-state index in [0.29, 0.717) is 23.0 Å². The van der Waals surface area contributed by atoms with Gasteiger partial charge in [0, 0.05) is 12.2 Å². The third-order valence-corrected chi connectivity index (χ3v) is 3.15. The molecular formula is C15H23ClN2O2. The predicted octanol–water partition coefficient (Wildman–Crippen LogP) is 3.44. The quantitative estimate of drug-likeness (QED) is 0.810. The number of amides is 1. The Hall–Kier alpha value is -1.26. The second-order valence-electron chi connectivity index (χ2n) is 5.02. The first kappa shape index (κ1) is 16.8. The summed E-state index contributed by atoms with van der Waals surface area (Å²) in [6.07, 6.45) is 1.76. The highest BCUT2D eigenvalue weighted by molar-refractivity contribution is 6.32. The molecule has 0 heterocycles. The average molecular weight is 299 g/mol. The van der Waals surface area contributed by atoms with Crippen LogP contribution in [0.4, 0.5) is 5.69 Å². The van der Waals surface area contributed by atoms with Gasteiger partial charge in [-0.3, -0.25) is 4.79 Å². The van der Waals surface area contributed by atoms with Crippen LogP contribution >= 0.6 is 11.6 Å². The maximum atomic E-state index is 12.0. The summed E-state index contributed by atoms with van der Waals surface area (Å²) < 4.78 is 5.55. The summed E-state index contributed by atoms with van der Waals surface area (Å²) in [7, 11) is 0. The van der Waals surface area contributed by atoms with Gasteiger partial charge in [-0.25, -0.2) is 0 Å². The Morgan fingerprint density at radius 3 is 2.65 bits per heavy atom. The van der Waals surface area contributed by atoms with Gasteiger partial charge in [-0.15, -0.1) is 0 Å². The second kappa shape index (κ2) is 8.12. The van der Waals surface area contributed by atoms with Gasteiger partial charge < -0.3 is 15.8 Å². The Bertz CT molecular complexity index is 449. The molecule has 0 saturated heterocycles. The number of hydrogen-bond acceptors (Lipinski definition) is 3. The Kier molecular flexibility index (Phi) is 6.82. The zero-order valence-corrected chi connectivity index (χ0v) is 13.0. The van der Waals surface area contributed by atoms with E-state index in [-0.39, 0.29) is 17.9 Å². The molecule has 1 unspecified atom stereocenters. The molecule has 1 aromatic carbocycles. The zero-order chi connectivity index (χ0) is 15.1. The first-order valence-corrected chi connectivity index (χ1v) is 7.32. The Balaban J connectivity index is 2.73. The summed E-state index contributed by atoms with van der Waals surface area (Å²) >= 11 is 6.13. The molecule has 1 aromatic rings. The molecule has 0 aromatic heterocycles. The van der Waals surface area contributed by atoms with Crippen LogP contribution in [0.25, 0.3) is 0 Å². The minimum absolute atomic E-state index is 0.0547. The topological polar surface area (TPSA) is 64.4 Å². The van der Waals surface area contributed by atoms with Crippen molar-refractivity contribution < 1.29 is 9.53 Å². The number of benzene rings is 1.